The molecular formula is C8H19Cl2NO2. The zero-order chi connectivity index (χ0) is 9.98. The largest absolute Gasteiger partial charge is 0.480 e. The van der Waals surface area contributed by atoms with Crippen molar-refractivity contribution in [2.75, 3.05) is 5.88 Å². The Kier molecular flexibility index (Phi) is 20.9. The number of nitrogens with two attached hydrogens (primary N) is 1. The Labute approximate surface area is 91.1 Å². The van der Waals surface area contributed by atoms with E-state index in [4.69, 9.17) is 22.4 Å². The first kappa shape index (κ1) is 18.7. The van der Waals surface area contributed by atoms with Crippen molar-refractivity contribution in [3.63, 3.8) is 0 Å². The molecule has 13 heavy (non-hydrogen) atoms. The second-order valence-electron chi connectivity index (χ2n) is 2.52. The van der Waals surface area contributed by atoms with Crippen LogP contribution in [0.1, 0.15) is 33.1 Å². The van der Waals surface area contributed by atoms with Crippen LogP contribution in [-0.2, 0) is 4.79 Å². The summed E-state index contributed by atoms with van der Waals surface area (Å²) in [5.74, 6) is -0.136. The highest BCUT2D eigenvalue weighted by molar-refractivity contribution is 6.17. The van der Waals surface area contributed by atoms with Gasteiger partial charge in [-0.1, -0.05) is 19.8 Å². The number of halogens is 2. The summed E-state index contributed by atoms with van der Waals surface area (Å²) in [5, 5.41) is 7.87. The molecule has 0 aromatic heterocycles. The number of rotatable bonds is 4. The quantitative estimate of drug-likeness (QED) is 0.577. The van der Waals surface area contributed by atoms with E-state index in [0.717, 1.165) is 5.88 Å². The Hall–Kier alpha value is 0.01000. The number of unbranched alkanes of at least 4 members (excludes halogenated alkanes) is 2. The van der Waals surface area contributed by atoms with Crippen molar-refractivity contribution < 1.29 is 9.90 Å². The molecule has 0 saturated carbocycles. The van der Waals surface area contributed by atoms with Crippen LogP contribution in [0, 0.1) is 0 Å². The van der Waals surface area contributed by atoms with Crippen molar-refractivity contribution in [1.29, 1.82) is 0 Å². The predicted molar refractivity (Wildman–Crippen MR) is 58.8 cm³/mol. The molecule has 0 aliphatic rings. The molecule has 3 N–H and O–H groups in total. The number of carboxylic acid groups (broad SMARTS) is 1. The van der Waals surface area contributed by atoms with Crippen LogP contribution in [0.4, 0.5) is 0 Å². The maximum Gasteiger partial charge on any atom is 0.320 e. The summed E-state index contributed by atoms with van der Waals surface area (Å²) in [5.41, 5.74) is 4.84. The Morgan fingerprint density at radius 2 is 1.92 bits per heavy atom. The van der Waals surface area contributed by atoms with Crippen molar-refractivity contribution in [3.8, 4) is 0 Å². The molecule has 0 heterocycles. The van der Waals surface area contributed by atoms with Crippen molar-refractivity contribution in [1.82, 2.24) is 0 Å². The van der Waals surface area contributed by atoms with Crippen LogP contribution in [0.15, 0.2) is 0 Å². The molecule has 3 nitrogen and oxygen atoms in total. The van der Waals surface area contributed by atoms with Gasteiger partial charge >= 0.3 is 5.97 Å². The average molecular weight is 232 g/mol. The average Bonchev–Trinajstić information content (AvgIpc) is 2.02. The lowest BCUT2D eigenvalue weighted by molar-refractivity contribution is -0.138. The molecule has 0 fully saturated rings. The number of carboxylic acids is 1. The highest BCUT2D eigenvalue weighted by Crippen LogP contribution is 1.93. The second-order valence-corrected chi connectivity index (χ2v) is 2.90. The van der Waals surface area contributed by atoms with E-state index >= 15 is 0 Å². The minimum Gasteiger partial charge on any atom is -0.480 e. The molecule has 0 rings (SSSR count). The van der Waals surface area contributed by atoms with Crippen molar-refractivity contribution >= 4 is 30.0 Å². The van der Waals surface area contributed by atoms with Gasteiger partial charge in [0.05, 0.1) is 0 Å². The fourth-order valence-corrected chi connectivity index (χ4v) is 0.533. The summed E-state index contributed by atoms with van der Waals surface area (Å²) in [6, 6.07) is -0.731. The maximum absolute atomic E-state index is 9.57. The number of aliphatic carboxylic acids is 1. The molecule has 0 amide bonds. The summed E-state index contributed by atoms with van der Waals surface area (Å²) in [6.07, 6.45) is 3.73. The van der Waals surface area contributed by atoms with E-state index in [9.17, 15) is 4.79 Å². The first-order chi connectivity index (χ1) is 5.56. The Balaban J connectivity index is -0.000000143. The predicted octanol–water partition coefficient (Wildman–Crippen LogP) is 2.26. The molecule has 0 aromatic rings. The Morgan fingerprint density at radius 1 is 1.54 bits per heavy atom. The van der Waals surface area contributed by atoms with Crippen LogP contribution in [0.2, 0.25) is 0 Å². The lowest BCUT2D eigenvalue weighted by Gasteiger charge is -1.90. The fourth-order valence-electron chi connectivity index (χ4n) is 0.344. The number of hydrogen-bond donors (Lipinski definition) is 2. The minimum atomic E-state index is -0.963. The summed E-state index contributed by atoms with van der Waals surface area (Å²) >= 11 is 5.38. The third kappa shape index (κ3) is 24.5. The summed E-state index contributed by atoms with van der Waals surface area (Å²) in [7, 11) is 0. The third-order valence-electron chi connectivity index (χ3n) is 1.13. The Bertz CT molecular complexity index is 106. The molecule has 0 aromatic carbocycles. The van der Waals surface area contributed by atoms with E-state index in [1.54, 1.807) is 0 Å². The van der Waals surface area contributed by atoms with Crippen LogP contribution in [0.5, 0.6) is 0 Å². The van der Waals surface area contributed by atoms with Gasteiger partial charge in [-0.05, 0) is 13.3 Å². The van der Waals surface area contributed by atoms with Gasteiger partial charge in [-0.2, -0.15) is 0 Å². The van der Waals surface area contributed by atoms with E-state index in [-0.39, 0.29) is 12.4 Å². The van der Waals surface area contributed by atoms with Crippen LogP contribution >= 0.6 is 24.0 Å². The molecule has 5 heteroatoms. The molecule has 0 aliphatic carbocycles. The summed E-state index contributed by atoms with van der Waals surface area (Å²) in [6.45, 7) is 3.59. The van der Waals surface area contributed by atoms with E-state index in [2.05, 4.69) is 6.92 Å². The second kappa shape index (κ2) is 14.5. The fraction of sp³-hybridized carbons (Fsp3) is 0.875. The zero-order valence-electron chi connectivity index (χ0n) is 8.12. The molecule has 1 atom stereocenters. The van der Waals surface area contributed by atoms with Gasteiger partial charge in [0.1, 0.15) is 6.04 Å². The molecule has 82 valence electrons. The van der Waals surface area contributed by atoms with Crippen LogP contribution in [0.25, 0.3) is 0 Å². The molecular weight excluding hydrogens is 213 g/mol. The van der Waals surface area contributed by atoms with Gasteiger partial charge in [-0.3, -0.25) is 4.79 Å². The van der Waals surface area contributed by atoms with E-state index in [0.29, 0.717) is 0 Å². The molecule has 0 bridgehead atoms. The Morgan fingerprint density at radius 3 is 2.00 bits per heavy atom. The van der Waals surface area contributed by atoms with Gasteiger partial charge in [0.15, 0.2) is 0 Å². The van der Waals surface area contributed by atoms with Crippen LogP contribution in [0.3, 0.4) is 0 Å². The molecule has 0 radical (unpaired) electrons. The lowest BCUT2D eigenvalue weighted by atomic mass is 10.3. The van der Waals surface area contributed by atoms with Crippen LogP contribution < -0.4 is 5.73 Å². The van der Waals surface area contributed by atoms with Crippen molar-refractivity contribution in [3.05, 3.63) is 0 Å². The minimum absolute atomic E-state index is 0. The number of alkyl halides is 1. The van der Waals surface area contributed by atoms with E-state index in [1.165, 1.54) is 26.2 Å². The lowest BCUT2D eigenvalue weighted by Crippen LogP contribution is -2.25. The van der Waals surface area contributed by atoms with Crippen molar-refractivity contribution in [2.45, 2.75) is 39.2 Å². The normalized spacial score (nSPS) is 10.5. The first-order valence-corrected chi connectivity index (χ1v) is 4.64. The molecule has 0 aliphatic heterocycles. The van der Waals surface area contributed by atoms with Crippen LogP contribution in [-0.4, -0.2) is 23.0 Å². The van der Waals surface area contributed by atoms with E-state index in [1.807, 2.05) is 0 Å². The van der Waals surface area contributed by atoms with Gasteiger partial charge in [0.2, 0.25) is 0 Å². The first-order valence-electron chi connectivity index (χ1n) is 4.10. The molecule has 1 unspecified atom stereocenters. The molecule has 0 saturated heterocycles. The van der Waals surface area contributed by atoms with Gasteiger partial charge in [-0.15, -0.1) is 24.0 Å². The zero-order valence-corrected chi connectivity index (χ0v) is 9.70. The third-order valence-corrected chi connectivity index (χ3v) is 1.39. The molecule has 0 spiro atoms. The van der Waals surface area contributed by atoms with Gasteiger partial charge in [0.25, 0.3) is 0 Å². The topological polar surface area (TPSA) is 63.3 Å². The standard InChI is InChI=1S/C5H11Cl.C3H7NO2.ClH/c1-2-3-4-5-6;1-2(4)3(5)6;/h2-5H2,1H3;2H,4H2,1H3,(H,5,6);1H. The maximum atomic E-state index is 9.57. The van der Waals surface area contributed by atoms with Gasteiger partial charge in [0, 0.05) is 5.88 Å². The number of hydrogen-bond acceptors (Lipinski definition) is 2. The van der Waals surface area contributed by atoms with Crippen molar-refractivity contribution in [2.24, 2.45) is 5.73 Å². The number of carbonyl (C=O) groups is 1. The monoisotopic (exact) mass is 231 g/mol. The summed E-state index contributed by atoms with van der Waals surface area (Å²) < 4.78 is 0. The highest BCUT2D eigenvalue weighted by Gasteiger charge is 1.99. The van der Waals surface area contributed by atoms with Gasteiger partial charge in [-0.25, -0.2) is 0 Å². The SMILES string of the molecule is CC(N)C(=O)O.CCCCCCl.Cl. The van der Waals surface area contributed by atoms with Gasteiger partial charge < -0.3 is 10.8 Å². The highest BCUT2D eigenvalue weighted by atomic mass is 35.5. The smallest absolute Gasteiger partial charge is 0.320 e. The summed E-state index contributed by atoms with van der Waals surface area (Å²) in [4.78, 5) is 9.57. The van der Waals surface area contributed by atoms with E-state index < -0.39 is 12.0 Å².